The van der Waals surface area contributed by atoms with Crippen LogP contribution in [0, 0.1) is 0 Å². The number of rotatable bonds is 2. The second-order valence-electron chi connectivity index (χ2n) is 4.43. The van der Waals surface area contributed by atoms with Crippen LogP contribution in [0.5, 0.6) is 0 Å². The molecule has 22 heavy (non-hydrogen) atoms. The van der Waals surface area contributed by atoms with Gasteiger partial charge in [-0.3, -0.25) is 0 Å². The monoisotopic (exact) mass is 324 g/mol. The molecule has 0 radical (unpaired) electrons. The zero-order valence-corrected chi connectivity index (χ0v) is 11.7. The number of benzene rings is 2. The molecule has 4 nitrogen and oxygen atoms in total. The van der Waals surface area contributed by atoms with E-state index < -0.39 is 11.7 Å². The Morgan fingerprint density at radius 1 is 1.00 bits per heavy atom. The Kier molecular flexibility index (Phi) is 3.58. The van der Waals surface area contributed by atoms with E-state index in [1.54, 1.807) is 24.3 Å². The van der Waals surface area contributed by atoms with Crippen LogP contribution in [-0.2, 0) is 6.18 Å². The fraction of sp³-hybridized carbons (Fsp3) is 0.0714. The van der Waals surface area contributed by atoms with Crippen molar-refractivity contribution in [2.24, 2.45) is 0 Å². The highest BCUT2D eigenvalue weighted by Crippen LogP contribution is 2.30. The summed E-state index contributed by atoms with van der Waals surface area (Å²) in [6, 6.07) is 11.6. The number of hydrogen-bond donors (Lipinski definition) is 0. The van der Waals surface area contributed by atoms with Crippen LogP contribution in [0.3, 0.4) is 0 Å². The van der Waals surface area contributed by atoms with E-state index in [-0.39, 0.29) is 11.5 Å². The first kappa shape index (κ1) is 14.5. The number of aromatic nitrogens is 4. The van der Waals surface area contributed by atoms with E-state index in [2.05, 4.69) is 15.4 Å². The summed E-state index contributed by atoms with van der Waals surface area (Å²) >= 11 is 6.03. The Bertz CT molecular complexity index is 814. The van der Waals surface area contributed by atoms with Gasteiger partial charge in [-0.25, -0.2) is 0 Å². The highest BCUT2D eigenvalue weighted by atomic mass is 35.5. The number of tetrazole rings is 1. The molecule has 8 heteroatoms. The average Bonchev–Trinajstić information content (AvgIpc) is 2.97. The van der Waals surface area contributed by atoms with Gasteiger partial charge in [0, 0.05) is 5.56 Å². The van der Waals surface area contributed by atoms with Gasteiger partial charge in [-0.05, 0) is 35.5 Å². The molecule has 0 aliphatic carbocycles. The third kappa shape index (κ3) is 2.80. The summed E-state index contributed by atoms with van der Waals surface area (Å²) < 4.78 is 38.2. The molecule has 3 rings (SSSR count). The van der Waals surface area contributed by atoms with Crippen molar-refractivity contribution in [1.29, 1.82) is 0 Å². The first-order chi connectivity index (χ1) is 10.4. The summed E-state index contributed by atoms with van der Waals surface area (Å²) in [6.07, 6.45) is -4.43. The van der Waals surface area contributed by atoms with Crippen LogP contribution in [0.4, 0.5) is 13.2 Å². The molecule has 112 valence electrons. The Hall–Kier alpha value is -2.41. The topological polar surface area (TPSA) is 43.6 Å². The smallest absolute Gasteiger partial charge is 0.166 e. The lowest BCUT2D eigenvalue weighted by molar-refractivity contribution is -0.137. The summed E-state index contributed by atoms with van der Waals surface area (Å²) in [6.45, 7) is 0. The third-order valence-electron chi connectivity index (χ3n) is 2.93. The van der Waals surface area contributed by atoms with Crippen molar-refractivity contribution in [1.82, 2.24) is 20.2 Å². The highest BCUT2D eigenvalue weighted by Gasteiger charge is 2.30. The first-order valence-electron chi connectivity index (χ1n) is 6.18. The van der Waals surface area contributed by atoms with Crippen molar-refractivity contribution in [3.05, 3.63) is 59.1 Å². The van der Waals surface area contributed by atoms with Crippen molar-refractivity contribution >= 4 is 11.6 Å². The van der Waals surface area contributed by atoms with Gasteiger partial charge in [0.2, 0.25) is 5.82 Å². The van der Waals surface area contributed by atoms with E-state index in [0.29, 0.717) is 10.6 Å². The number of halogens is 4. The lowest BCUT2D eigenvalue weighted by Crippen LogP contribution is -2.07. The van der Waals surface area contributed by atoms with Crippen molar-refractivity contribution in [2.45, 2.75) is 6.18 Å². The third-order valence-corrected chi connectivity index (χ3v) is 3.26. The fourth-order valence-electron chi connectivity index (χ4n) is 1.88. The Labute approximate surface area is 128 Å². The molecule has 0 unspecified atom stereocenters. The molecule has 3 aromatic rings. The first-order valence-corrected chi connectivity index (χ1v) is 6.55. The molecule has 0 saturated heterocycles. The van der Waals surface area contributed by atoms with Crippen LogP contribution in [-0.4, -0.2) is 20.2 Å². The van der Waals surface area contributed by atoms with Gasteiger partial charge in [0.05, 0.1) is 16.3 Å². The molecule has 0 N–H and O–H groups in total. The normalized spacial score (nSPS) is 11.6. The maximum atomic E-state index is 12.7. The maximum absolute atomic E-state index is 12.7. The van der Waals surface area contributed by atoms with E-state index in [1.807, 2.05) is 0 Å². The summed E-state index contributed by atoms with van der Waals surface area (Å²) in [5.41, 5.74) is -0.0513. The second-order valence-corrected chi connectivity index (χ2v) is 4.84. The van der Waals surface area contributed by atoms with Gasteiger partial charge in [-0.15, -0.1) is 15.0 Å². The van der Waals surface area contributed by atoms with E-state index in [4.69, 9.17) is 11.6 Å². The van der Waals surface area contributed by atoms with Gasteiger partial charge >= 0.3 is 6.18 Å². The number of nitrogens with zero attached hydrogens (tertiary/aromatic N) is 4. The molecule has 0 aliphatic heterocycles. The molecule has 0 saturated carbocycles. The molecule has 0 fully saturated rings. The van der Waals surface area contributed by atoms with Gasteiger partial charge in [-0.1, -0.05) is 29.8 Å². The van der Waals surface area contributed by atoms with Crippen LogP contribution >= 0.6 is 11.6 Å². The van der Waals surface area contributed by atoms with E-state index in [1.165, 1.54) is 12.1 Å². The van der Waals surface area contributed by atoms with Crippen LogP contribution in [0.25, 0.3) is 17.1 Å². The zero-order chi connectivity index (χ0) is 15.7. The molecule has 0 spiro atoms. The molecule has 0 atom stereocenters. The molecule has 2 aromatic carbocycles. The van der Waals surface area contributed by atoms with E-state index >= 15 is 0 Å². The minimum absolute atomic E-state index is 0.167. The average molecular weight is 325 g/mol. The van der Waals surface area contributed by atoms with Crippen molar-refractivity contribution < 1.29 is 13.2 Å². The quantitative estimate of drug-likeness (QED) is 0.715. The van der Waals surface area contributed by atoms with Crippen molar-refractivity contribution in [3.8, 4) is 17.1 Å². The highest BCUT2D eigenvalue weighted by molar-refractivity contribution is 6.33. The van der Waals surface area contributed by atoms with Crippen LogP contribution < -0.4 is 0 Å². The molecule has 0 amide bonds. The molecule has 0 bridgehead atoms. The number of hydrogen-bond acceptors (Lipinski definition) is 3. The van der Waals surface area contributed by atoms with Crippen LogP contribution in [0.1, 0.15) is 5.56 Å². The predicted octanol–water partition coefficient (Wildman–Crippen LogP) is 4.00. The van der Waals surface area contributed by atoms with Crippen LogP contribution in [0.2, 0.25) is 5.02 Å². The SMILES string of the molecule is FC(F)(F)c1cccc(-n2nnc(-c3ccccc3Cl)n2)c1. The number of alkyl halides is 3. The molecule has 1 aromatic heterocycles. The van der Waals surface area contributed by atoms with Crippen LogP contribution in [0.15, 0.2) is 48.5 Å². The molecular weight excluding hydrogens is 317 g/mol. The van der Waals surface area contributed by atoms with Gasteiger partial charge in [0.25, 0.3) is 0 Å². The fourth-order valence-corrected chi connectivity index (χ4v) is 2.10. The zero-order valence-electron chi connectivity index (χ0n) is 10.9. The molecule has 0 aliphatic rings. The summed E-state index contributed by atoms with van der Waals surface area (Å²) in [4.78, 5) is 1.04. The van der Waals surface area contributed by atoms with Crippen molar-refractivity contribution in [2.75, 3.05) is 0 Å². The summed E-state index contributed by atoms with van der Waals surface area (Å²) in [5.74, 6) is 0.239. The van der Waals surface area contributed by atoms with E-state index in [9.17, 15) is 13.2 Å². The maximum Gasteiger partial charge on any atom is 0.416 e. The van der Waals surface area contributed by atoms with Gasteiger partial charge in [-0.2, -0.15) is 13.2 Å². The lowest BCUT2D eigenvalue weighted by Gasteiger charge is -2.07. The predicted molar refractivity (Wildman–Crippen MR) is 74.6 cm³/mol. The summed E-state index contributed by atoms with van der Waals surface area (Å²) in [5, 5.41) is 12.1. The van der Waals surface area contributed by atoms with E-state index in [0.717, 1.165) is 16.9 Å². The minimum atomic E-state index is -4.43. The molecule has 1 heterocycles. The Morgan fingerprint density at radius 3 is 2.50 bits per heavy atom. The molecular formula is C14H8ClF3N4. The Morgan fingerprint density at radius 2 is 1.77 bits per heavy atom. The van der Waals surface area contributed by atoms with Gasteiger partial charge in [0.1, 0.15) is 0 Å². The summed E-state index contributed by atoms with van der Waals surface area (Å²) in [7, 11) is 0. The minimum Gasteiger partial charge on any atom is -0.166 e. The van der Waals surface area contributed by atoms with Gasteiger partial charge in [0.15, 0.2) is 0 Å². The van der Waals surface area contributed by atoms with Gasteiger partial charge < -0.3 is 0 Å². The second kappa shape index (κ2) is 5.42. The largest absolute Gasteiger partial charge is 0.416 e. The van der Waals surface area contributed by atoms with Crippen molar-refractivity contribution in [3.63, 3.8) is 0 Å². The standard InChI is InChI=1S/C14H8ClF3N4/c15-12-7-2-1-6-11(12)13-19-21-22(20-13)10-5-3-4-9(8-10)14(16,17)18/h1-8H. The lowest BCUT2D eigenvalue weighted by atomic mass is 10.2. The Balaban J connectivity index is 2.00.